The van der Waals surface area contributed by atoms with Gasteiger partial charge in [-0.15, -0.1) is 0 Å². The molecule has 1 amide bonds. The lowest BCUT2D eigenvalue weighted by Gasteiger charge is -2.15. The van der Waals surface area contributed by atoms with Gasteiger partial charge in [-0.1, -0.05) is 18.5 Å². The van der Waals surface area contributed by atoms with Crippen LogP contribution in [0.4, 0.5) is 10.1 Å². The third-order valence-corrected chi connectivity index (χ3v) is 2.53. The summed E-state index contributed by atoms with van der Waals surface area (Å²) < 4.78 is 12.9. The summed E-state index contributed by atoms with van der Waals surface area (Å²) in [5, 5.41) is 5.76. The number of amides is 1. The molecule has 1 rings (SSSR count). The van der Waals surface area contributed by atoms with E-state index in [1.807, 2.05) is 6.92 Å². The van der Waals surface area contributed by atoms with Crippen molar-refractivity contribution >= 4 is 23.2 Å². The minimum absolute atomic E-state index is 0.0381. The molecule has 0 saturated heterocycles. The number of hydrogen-bond donors (Lipinski definition) is 2. The summed E-state index contributed by atoms with van der Waals surface area (Å²) >= 11 is 5.64. The molecule has 1 aromatic rings. The Hall–Kier alpha value is -1.29. The van der Waals surface area contributed by atoms with Crippen LogP contribution in [0.15, 0.2) is 18.2 Å². The van der Waals surface area contributed by atoms with Crippen LogP contribution in [0.1, 0.15) is 20.3 Å². The molecule has 0 fully saturated rings. The molecule has 0 aromatic heterocycles. The Kier molecular flexibility index (Phi) is 5.22. The Bertz CT molecular complexity index is 398. The van der Waals surface area contributed by atoms with E-state index in [-0.39, 0.29) is 17.0 Å². The molecule has 2 N–H and O–H groups in total. The first kappa shape index (κ1) is 13.8. The molecule has 17 heavy (non-hydrogen) atoms. The fourth-order valence-electron chi connectivity index (χ4n) is 1.30. The first-order chi connectivity index (χ1) is 8.04. The van der Waals surface area contributed by atoms with Gasteiger partial charge < -0.3 is 10.6 Å². The maximum atomic E-state index is 12.9. The summed E-state index contributed by atoms with van der Waals surface area (Å²) in [5.41, 5.74) is 0.621. The summed E-state index contributed by atoms with van der Waals surface area (Å²) in [6.07, 6.45) is 0.890. The van der Waals surface area contributed by atoms with E-state index >= 15 is 0 Å². The van der Waals surface area contributed by atoms with Crippen molar-refractivity contribution in [2.75, 3.05) is 11.9 Å². The summed E-state index contributed by atoms with van der Waals surface area (Å²) in [5.74, 6) is -0.562. The normalized spacial score (nSPS) is 12.0. The van der Waals surface area contributed by atoms with Crippen molar-refractivity contribution in [3.8, 4) is 0 Å². The van der Waals surface area contributed by atoms with Crippen molar-refractivity contribution in [3.05, 3.63) is 29.0 Å². The lowest BCUT2D eigenvalue weighted by Crippen LogP contribution is -2.37. The van der Waals surface area contributed by atoms with Gasteiger partial charge in [-0.3, -0.25) is 4.79 Å². The van der Waals surface area contributed by atoms with E-state index in [9.17, 15) is 9.18 Å². The largest absolute Gasteiger partial charge is 0.374 e. The van der Waals surface area contributed by atoms with Crippen LogP contribution in [0.25, 0.3) is 0 Å². The maximum absolute atomic E-state index is 12.9. The topological polar surface area (TPSA) is 41.1 Å². The zero-order valence-corrected chi connectivity index (χ0v) is 10.6. The fourth-order valence-corrected chi connectivity index (χ4v) is 1.48. The molecule has 0 saturated carbocycles. The molecule has 0 bridgehead atoms. The minimum Gasteiger partial charge on any atom is -0.374 e. The molecule has 0 aliphatic carbocycles. The molecule has 94 valence electrons. The van der Waals surface area contributed by atoms with Crippen molar-refractivity contribution in [2.24, 2.45) is 0 Å². The van der Waals surface area contributed by atoms with E-state index in [1.54, 1.807) is 13.0 Å². The Morgan fingerprint density at radius 3 is 2.82 bits per heavy atom. The van der Waals surface area contributed by atoms with Gasteiger partial charge in [0.2, 0.25) is 5.91 Å². The van der Waals surface area contributed by atoms with Crippen molar-refractivity contribution in [3.63, 3.8) is 0 Å². The molecular weight excluding hydrogens is 243 g/mol. The molecule has 0 spiro atoms. The minimum atomic E-state index is -0.472. The summed E-state index contributed by atoms with van der Waals surface area (Å²) in [7, 11) is 0. The fraction of sp³-hybridized carbons (Fsp3) is 0.417. The van der Waals surface area contributed by atoms with Crippen LogP contribution in [-0.4, -0.2) is 18.5 Å². The van der Waals surface area contributed by atoms with Gasteiger partial charge in [-0.2, -0.15) is 0 Å². The number of anilines is 1. The van der Waals surface area contributed by atoms with Gasteiger partial charge in [-0.25, -0.2) is 4.39 Å². The predicted molar refractivity (Wildman–Crippen MR) is 67.8 cm³/mol. The highest BCUT2D eigenvalue weighted by atomic mass is 35.5. The number of rotatable bonds is 5. The summed E-state index contributed by atoms with van der Waals surface area (Å²) in [6.45, 7) is 4.37. The number of nitrogens with one attached hydrogen (secondary N) is 2. The van der Waals surface area contributed by atoms with E-state index in [1.165, 1.54) is 12.1 Å². The molecule has 0 aliphatic rings. The van der Waals surface area contributed by atoms with Crippen LogP contribution in [0.3, 0.4) is 0 Å². The van der Waals surface area contributed by atoms with Gasteiger partial charge in [0, 0.05) is 12.2 Å². The number of halogens is 2. The highest BCUT2D eigenvalue weighted by Gasteiger charge is 2.12. The molecular formula is C12H16ClFN2O. The second kappa shape index (κ2) is 6.45. The second-order valence-electron chi connectivity index (χ2n) is 3.79. The quantitative estimate of drug-likeness (QED) is 0.853. The van der Waals surface area contributed by atoms with E-state index < -0.39 is 5.82 Å². The van der Waals surface area contributed by atoms with Crippen LogP contribution >= 0.6 is 11.6 Å². The van der Waals surface area contributed by atoms with Crippen LogP contribution < -0.4 is 10.6 Å². The molecule has 1 aromatic carbocycles. The van der Waals surface area contributed by atoms with Crippen LogP contribution in [0.2, 0.25) is 5.02 Å². The molecule has 5 heteroatoms. The molecule has 1 unspecified atom stereocenters. The van der Waals surface area contributed by atoms with Crippen LogP contribution in [-0.2, 0) is 4.79 Å². The summed E-state index contributed by atoms with van der Waals surface area (Å²) in [6, 6.07) is 3.88. The Morgan fingerprint density at radius 2 is 2.24 bits per heavy atom. The molecule has 0 aliphatic heterocycles. The van der Waals surface area contributed by atoms with Crippen molar-refractivity contribution in [1.29, 1.82) is 0 Å². The smallest absolute Gasteiger partial charge is 0.242 e. The van der Waals surface area contributed by atoms with Gasteiger partial charge >= 0.3 is 0 Å². The lowest BCUT2D eigenvalue weighted by atomic mass is 10.2. The van der Waals surface area contributed by atoms with Crippen molar-refractivity contribution < 1.29 is 9.18 Å². The van der Waals surface area contributed by atoms with Gasteiger partial charge in [0.05, 0.1) is 5.02 Å². The van der Waals surface area contributed by atoms with E-state index in [0.29, 0.717) is 12.2 Å². The number of carbonyl (C=O) groups excluding carboxylic acids is 1. The Balaban J connectivity index is 2.58. The van der Waals surface area contributed by atoms with Gasteiger partial charge in [0.25, 0.3) is 0 Å². The monoisotopic (exact) mass is 258 g/mol. The van der Waals surface area contributed by atoms with Gasteiger partial charge in [0.1, 0.15) is 11.9 Å². The zero-order chi connectivity index (χ0) is 12.8. The molecule has 0 radical (unpaired) electrons. The zero-order valence-electron chi connectivity index (χ0n) is 9.89. The Labute approximate surface area is 105 Å². The first-order valence-electron chi connectivity index (χ1n) is 5.54. The SMILES string of the molecule is CCCNC(=O)C(C)Nc1ccc(F)c(Cl)c1. The van der Waals surface area contributed by atoms with E-state index in [4.69, 9.17) is 11.6 Å². The number of hydrogen-bond acceptors (Lipinski definition) is 2. The second-order valence-corrected chi connectivity index (χ2v) is 4.19. The average Bonchev–Trinajstić information content (AvgIpc) is 2.30. The number of benzene rings is 1. The maximum Gasteiger partial charge on any atom is 0.242 e. The number of carbonyl (C=O) groups is 1. The van der Waals surface area contributed by atoms with E-state index in [2.05, 4.69) is 10.6 Å². The third kappa shape index (κ3) is 4.23. The van der Waals surface area contributed by atoms with Crippen LogP contribution in [0.5, 0.6) is 0 Å². The molecule has 3 nitrogen and oxygen atoms in total. The first-order valence-corrected chi connectivity index (χ1v) is 5.91. The van der Waals surface area contributed by atoms with Crippen LogP contribution in [0, 0.1) is 5.82 Å². The van der Waals surface area contributed by atoms with Crippen molar-refractivity contribution in [1.82, 2.24) is 5.32 Å². The van der Waals surface area contributed by atoms with Gasteiger partial charge in [0.15, 0.2) is 0 Å². The highest BCUT2D eigenvalue weighted by Crippen LogP contribution is 2.19. The van der Waals surface area contributed by atoms with E-state index in [0.717, 1.165) is 6.42 Å². The standard InChI is InChI=1S/C12H16ClFN2O/c1-3-6-15-12(17)8(2)16-9-4-5-11(14)10(13)7-9/h4-5,7-8,16H,3,6H2,1-2H3,(H,15,17). The molecule has 0 heterocycles. The van der Waals surface area contributed by atoms with Gasteiger partial charge in [-0.05, 0) is 31.5 Å². The average molecular weight is 259 g/mol. The lowest BCUT2D eigenvalue weighted by molar-refractivity contribution is -0.121. The Morgan fingerprint density at radius 1 is 1.53 bits per heavy atom. The summed E-state index contributed by atoms with van der Waals surface area (Å²) in [4.78, 5) is 11.6. The third-order valence-electron chi connectivity index (χ3n) is 2.25. The van der Waals surface area contributed by atoms with Crippen molar-refractivity contribution in [2.45, 2.75) is 26.3 Å². The molecule has 1 atom stereocenters. The highest BCUT2D eigenvalue weighted by molar-refractivity contribution is 6.31. The predicted octanol–water partition coefficient (Wildman–Crippen LogP) is 2.81.